The van der Waals surface area contributed by atoms with Crippen molar-refractivity contribution in [2.45, 2.75) is 20.4 Å². The second-order valence-electron chi connectivity index (χ2n) is 5.41. The van der Waals surface area contributed by atoms with Crippen LogP contribution >= 0.6 is 27.3 Å². The molecule has 22 heavy (non-hydrogen) atoms. The molecular weight excluding hydrogens is 366 g/mol. The lowest BCUT2D eigenvalue weighted by molar-refractivity contribution is -0.145. The van der Waals surface area contributed by atoms with E-state index < -0.39 is 0 Å². The van der Waals surface area contributed by atoms with Gasteiger partial charge in [-0.25, -0.2) is 4.99 Å². The number of esters is 1. The zero-order chi connectivity index (χ0) is 16.1. The first kappa shape index (κ1) is 17.3. The van der Waals surface area contributed by atoms with Crippen molar-refractivity contribution in [2.24, 2.45) is 16.8 Å². The zero-order valence-corrected chi connectivity index (χ0v) is 15.5. The predicted octanol–water partition coefficient (Wildman–Crippen LogP) is 2.72. The van der Waals surface area contributed by atoms with Gasteiger partial charge in [0.15, 0.2) is 5.96 Å². The van der Waals surface area contributed by atoms with Gasteiger partial charge in [-0.05, 0) is 34.8 Å². The minimum Gasteiger partial charge on any atom is -0.469 e. The van der Waals surface area contributed by atoms with Crippen LogP contribution < -0.4 is 5.32 Å². The van der Waals surface area contributed by atoms with E-state index in [1.165, 1.54) is 12.0 Å². The van der Waals surface area contributed by atoms with E-state index in [1.54, 1.807) is 11.3 Å². The molecule has 1 saturated heterocycles. The maximum absolute atomic E-state index is 11.8. The number of guanidine groups is 1. The summed E-state index contributed by atoms with van der Waals surface area (Å²) in [6, 6.07) is 2.08. The molecule has 122 valence electrons. The van der Waals surface area contributed by atoms with Gasteiger partial charge >= 0.3 is 5.97 Å². The van der Waals surface area contributed by atoms with Crippen molar-refractivity contribution < 1.29 is 9.53 Å². The highest BCUT2D eigenvalue weighted by atomic mass is 79.9. The Morgan fingerprint density at radius 1 is 1.59 bits per heavy atom. The minimum atomic E-state index is -0.131. The molecule has 1 aliphatic heterocycles. The molecule has 0 spiro atoms. The van der Waals surface area contributed by atoms with Gasteiger partial charge < -0.3 is 15.0 Å². The first-order valence-corrected chi connectivity index (χ1v) is 9.06. The maximum atomic E-state index is 11.8. The first-order valence-electron chi connectivity index (χ1n) is 7.39. The van der Waals surface area contributed by atoms with Gasteiger partial charge in [-0.15, -0.1) is 11.3 Å². The largest absolute Gasteiger partial charge is 0.469 e. The molecule has 0 aliphatic carbocycles. The van der Waals surface area contributed by atoms with E-state index in [9.17, 15) is 4.79 Å². The Labute approximate surface area is 143 Å². The molecule has 5 nitrogen and oxygen atoms in total. The van der Waals surface area contributed by atoms with E-state index in [4.69, 9.17) is 9.73 Å². The number of ether oxygens (including phenoxy) is 1. The lowest BCUT2D eigenvalue weighted by Gasteiger charge is -2.21. The average Bonchev–Trinajstić information content (AvgIpc) is 3.08. The molecule has 1 aromatic rings. The third-order valence-electron chi connectivity index (χ3n) is 3.76. The summed E-state index contributed by atoms with van der Waals surface area (Å²) >= 11 is 5.15. The molecule has 0 bridgehead atoms. The standard InChI is InChI=1S/C15H22BrN3O2S/c1-4-17-15(18-6-12-5-11(16)9-22-12)19-7-10(2)13(8-19)14(20)21-3/h5,9-10,13H,4,6-8H2,1-3H3,(H,17,18). The Balaban J connectivity index is 2.06. The molecule has 1 fully saturated rings. The van der Waals surface area contributed by atoms with Crippen LogP contribution in [-0.2, 0) is 16.1 Å². The number of nitrogens with zero attached hydrogens (tertiary/aromatic N) is 2. The van der Waals surface area contributed by atoms with Crippen LogP contribution in [0.15, 0.2) is 20.9 Å². The van der Waals surface area contributed by atoms with Crippen LogP contribution in [0.5, 0.6) is 0 Å². The number of likely N-dealkylation sites (tertiary alicyclic amines) is 1. The third-order valence-corrected chi connectivity index (χ3v) is 5.44. The number of carbonyl (C=O) groups excluding carboxylic acids is 1. The molecule has 2 atom stereocenters. The van der Waals surface area contributed by atoms with Gasteiger partial charge in [0, 0.05) is 34.4 Å². The lowest BCUT2D eigenvalue weighted by atomic mass is 9.99. The molecule has 0 amide bonds. The van der Waals surface area contributed by atoms with E-state index in [1.807, 2.05) is 0 Å². The summed E-state index contributed by atoms with van der Waals surface area (Å²) in [5.41, 5.74) is 0. The maximum Gasteiger partial charge on any atom is 0.310 e. The Morgan fingerprint density at radius 3 is 2.95 bits per heavy atom. The van der Waals surface area contributed by atoms with Crippen LogP contribution in [0.3, 0.4) is 0 Å². The zero-order valence-electron chi connectivity index (χ0n) is 13.1. The fourth-order valence-electron chi connectivity index (χ4n) is 2.61. The molecule has 2 heterocycles. The second kappa shape index (κ2) is 7.97. The number of aliphatic imine (C=N–C) groups is 1. The number of hydrogen-bond donors (Lipinski definition) is 1. The highest BCUT2D eigenvalue weighted by molar-refractivity contribution is 9.10. The van der Waals surface area contributed by atoms with Crippen LogP contribution in [0.2, 0.25) is 0 Å². The molecule has 2 rings (SSSR count). The molecule has 0 radical (unpaired) electrons. The van der Waals surface area contributed by atoms with Gasteiger partial charge in [-0.3, -0.25) is 4.79 Å². The average molecular weight is 388 g/mol. The number of thiophene rings is 1. The molecule has 2 unspecified atom stereocenters. The number of carbonyl (C=O) groups is 1. The van der Waals surface area contributed by atoms with Crippen molar-refractivity contribution >= 4 is 39.2 Å². The first-order chi connectivity index (χ1) is 10.5. The summed E-state index contributed by atoms with van der Waals surface area (Å²) in [6.45, 7) is 7.07. The van der Waals surface area contributed by atoms with E-state index in [0.29, 0.717) is 13.1 Å². The van der Waals surface area contributed by atoms with Crippen molar-refractivity contribution in [1.82, 2.24) is 10.2 Å². The predicted molar refractivity (Wildman–Crippen MR) is 93.1 cm³/mol. The molecule has 0 aromatic carbocycles. The third kappa shape index (κ3) is 4.23. The van der Waals surface area contributed by atoms with Crippen LogP contribution in [0.1, 0.15) is 18.7 Å². The summed E-state index contributed by atoms with van der Waals surface area (Å²) in [5.74, 6) is 0.926. The summed E-state index contributed by atoms with van der Waals surface area (Å²) in [5, 5.41) is 5.37. The van der Waals surface area contributed by atoms with Crippen LogP contribution in [0, 0.1) is 11.8 Å². The van der Waals surface area contributed by atoms with E-state index >= 15 is 0 Å². The number of nitrogens with one attached hydrogen (secondary N) is 1. The molecular formula is C15H22BrN3O2S. The quantitative estimate of drug-likeness (QED) is 0.490. The summed E-state index contributed by atoms with van der Waals surface area (Å²) < 4.78 is 5.99. The van der Waals surface area contributed by atoms with Crippen molar-refractivity contribution in [3.05, 3.63) is 20.8 Å². The molecule has 1 aliphatic rings. The highest BCUT2D eigenvalue weighted by Gasteiger charge is 2.36. The second-order valence-corrected chi connectivity index (χ2v) is 7.32. The summed E-state index contributed by atoms with van der Waals surface area (Å²) in [6.07, 6.45) is 0. The van der Waals surface area contributed by atoms with Gasteiger partial charge in [0.05, 0.1) is 19.6 Å². The number of halogens is 1. The van der Waals surface area contributed by atoms with Gasteiger partial charge in [0.1, 0.15) is 0 Å². The van der Waals surface area contributed by atoms with Crippen molar-refractivity contribution in [3.63, 3.8) is 0 Å². The number of hydrogen-bond acceptors (Lipinski definition) is 4. The number of methoxy groups -OCH3 is 1. The monoisotopic (exact) mass is 387 g/mol. The van der Waals surface area contributed by atoms with Gasteiger partial charge in [0.2, 0.25) is 0 Å². The fourth-order valence-corrected chi connectivity index (χ4v) is 3.99. The van der Waals surface area contributed by atoms with Crippen molar-refractivity contribution in [3.8, 4) is 0 Å². The smallest absolute Gasteiger partial charge is 0.310 e. The number of rotatable bonds is 4. The van der Waals surface area contributed by atoms with E-state index in [2.05, 4.69) is 51.4 Å². The normalized spacial score (nSPS) is 22.0. The van der Waals surface area contributed by atoms with Gasteiger partial charge in [-0.2, -0.15) is 0 Å². The topological polar surface area (TPSA) is 53.9 Å². The van der Waals surface area contributed by atoms with Crippen LogP contribution in [0.4, 0.5) is 0 Å². The Kier molecular flexibility index (Phi) is 6.26. The van der Waals surface area contributed by atoms with Crippen LogP contribution in [0.25, 0.3) is 0 Å². The Hall–Kier alpha value is -1.08. The molecule has 1 aromatic heterocycles. The van der Waals surface area contributed by atoms with Crippen molar-refractivity contribution in [1.29, 1.82) is 0 Å². The lowest BCUT2D eigenvalue weighted by Crippen LogP contribution is -2.40. The molecule has 7 heteroatoms. The summed E-state index contributed by atoms with van der Waals surface area (Å²) in [4.78, 5) is 19.9. The Bertz CT molecular complexity index is 547. The van der Waals surface area contributed by atoms with E-state index in [0.717, 1.165) is 23.5 Å². The minimum absolute atomic E-state index is 0.0789. The van der Waals surface area contributed by atoms with Gasteiger partial charge in [0.25, 0.3) is 0 Å². The summed E-state index contributed by atoms with van der Waals surface area (Å²) in [7, 11) is 1.45. The fraction of sp³-hybridized carbons (Fsp3) is 0.600. The highest BCUT2D eigenvalue weighted by Crippen LogP contribution is 2.25. The van der Waals surface area contributed by atoms with Crippen LogP contribution in [-0.4, -0.2) is 43.6 Å². The molecule has 0 saturated carbocycles. The SMILES string of the molecule is CCNC(=NCc1cc(Br)cs1)N1CC(C)C(C(=O)OC)C1. The molecule has 1 N–H and O–H groups in total. The van der Waals surface area contributed by atoms with Gasteiger partial charge in [-0.1, -0.05) is 6.92 Å². The Morgan fingerprint density at radius 2 is 2.36 bits per heavy atom. The van der Waals surface area contributed by atoms with Crippen molar-refractivity contribution in [2.75, 3.05) is 26.7 Å². The van der Waals surface area contributed by atoms with E-state index in [-0.39, 0.29) is 17.8 Å².